The molecule has 0 fully saturated rings. The van der Waals surface area contributed by atoms with Gasteiger partial charge in [0, 0.05) is 12.1 Å². The third kappa shape index (κ3) is 3.01. The van der Waals surface area contributed by atoms with E-state index >= 15 is 0 Å². The SMILES string of the molecule is Cc1ccc(CCNC(=O)c2ccc3nc[nH]c3c2)c(C)c1. The van der Waals surface area contributed by atoms with Crippen LogP contribution in [0.15, 0.2) is 42.7 Å². The Balaban J connectivity index is 1.62. The number of hydrogen-bond acceptors (Lipinski definition) is 2. The number of hydrogen-bond donors (Lipinski definition) is 2. The first-order valence-electron chi connectivity index (χ1n) is 7.41. The van der Waals surface area contributed by atoms with Gasteiger partial charge < -0.3 is 10.3 Å². The van der Waals surface area contributed by atoms with Crippen molar-refractivity contribution in [2.75, 3.05) is 6.54 Å². The van der Waals surface area contributed by atoms with E-state index in [2.05, 4.69) is 47.3 Å². The van der Waals surface area contributed by atoms with Crippen LogP contribution in [0.2, 0.25) is 0 Å². The zero-order valence-corrected chi connectivity index (χ0v) is 12.8. The minimum atomic E-state index is -0.0544. The van der Waals surface area contributed by atoms with Crippen LogP contribution < -0.4 is 5.32 Å². The first-order valence-corrected chi connectivity index (χ1v) is 7.41. The van der Waals surface area contributed by atoms with E-state index in [9.17, 15) is 4.79 Å². The Morgan fingerprint density at radius 1 is 1.18 bits per heavy atom. The fraction of sp³-hybridized carbons (Fsp3) is 0.222. The standard InChI is InChI=1S/C18H19N3O/c1-12-3-4-14(13(2)9-12)7-8-19-18(22)15-5-6-16-17(10-15)21-11-20-16/h3-6,9-11H,7-8H2,1-2H3,(H,19,22)(H,20,21). The van der Waals surface area contributed by atoms with E-state index in [-0.39, 0.29) is 5.91 Å². The number of aryl methyl sites for hydroxylation is 2. The molecule has 0 atom stereocenters. The van der Waals surface area contributed by atoms with Gasteiger partial charge in [0.15, 0.2) is 0 Å². The van der Waals surface area contributed by atoms with Crippen LogP contribution >= 0.6 is 0 Å². The van der Waals surface area contributed by atoms with Crippen LogP contribution in [0.1, 0.15) is 27.0 Å². The van der Waals surface area contributed by atoms with Gasteiger partial charge in [-0.05, 0) is 49.6 Å². The molecule has 0 saturated carbocycles. The minimum absolute atomic E-state index is 0.0544. The average molecular weight is 293 g/mol. The van der Waals surface area contributed by atoms with Gasteiger partial charge in [0.25, 0.3) is 5.91 Å². The molecule has 0 aliphatic carbocycles. The summed E-state index contributed by atoms with van der Waals surface area (Å²) in [6.45, 7) is 4.82. The Labute approximate surface area is 129 Å². The molecule has 0 bridgehead atoms. The number of nitrogens with one attached hydrogen (secondary N) is 2. The van der Waals surface area contributed by atoms with Gasteiger partial charge in [-0.3, -0.25) is 4.79 Å². The molecule has 0 spiro atoms. The van der Waals surface area contributed by atoms with Gasteiger partial charge in [0.2, 0.25) is 0 Å². The number of carbonyl (C=O) groups excluding carboxylic acids is 1. The molecule has 4 nitrogen and oxygen atoms in total. The Kier molecular flexibility index (Phi) is 3.92. The molecule has 0 aliphatic heterocycles. The van der Waals surface area contributed by atoms with Crippen molar-refractivity contribution in [1.29, 1.82) is 0 Å². The molecule has 1 amide bonds. The highest BCUT2D eigenvalue weighted by Gasteiger charge is 2.07. The largest absolute Gasteiger partial charge is 0.352 e. The predicted molar refractivity (Wildman–Crippen MR) is 88.0 cm³/mol. The number of aromatic amines is 1. The monoisotopic (exact) mass is 293 g/mol. The second-order valence-electron chi connectivity index (χ2n) is 5.57. The van der Waals surface area contributed by atoms with Gasteiger partial charge in [-0.2, -0.15) is 0 Å². The maximum absolute atomic E-state index is 12.2. The second-order valence-corrected chi connectivity index (χ2v) is 5.57. The highest BCUT2D eigenvalue weighted by atomic mass is 16.1. The molecule has 0 saturated heterocycles. The van der Waals surface area contributed by atoms with Crippen LogP contribution in [-0.4, -0.2) is 22.4 Å². The quantitative estimate of drug-likeness (QED) is 0.776. The van der Waals surface area contributed by atoms with Gasteiger partial charge in [0.05, 0.1) is 17.4 Å². The lowest BCUT2D eigenvalue weighted by Crippen LogP contribution is -2.25. The summed E-state index contributed by atoms with van der Waals surface area (Å²) in [6, 6.07) is 11.9. The van der Waals surface area contributed by atoms with Crippen LogP contribution in [0.5, 0.6) is 0 Å². The number of aromatic nitrogens is 2. The summed E-state index contributed by atoms with van der Waals surface area (Å²) in [4.78, 5) is 19.4. The third-order valence-electron chi connectivity index (χ3n) is 3.86. The molecule has 3 aromatic rings. The minimum Gasteiger partial charge on any atom is -0.352 e. The molecule has 1 aromatic heterocycles. The van der Waals surface area contributed by atoms with Gasteiger partial charge in [-0.25, -0.2) is 4.98 Å². The summed E-state index contributed by atoms with van der Waals surface area (Å²) in [6.07, 6.45) is 2.47. The van der Waals surface area contributed by atoms with Crippen LogP contribution in [-0.2, 0) is 6.42 Å². The van der Waals surface area contributed by atoms with Gasteiger partial charge >= 0.3 is 0 Å². The molecule has 2 N–H and O–H groups in total. The van der Waals surface area contributed by atoms with Crippen molar-refractivity contribution >= 4 is 16.9 Å². The predicted octanol–water partition coefficient (Wildman–Crippen LogP) is 3.15. The van der Waals surface area contributed by atoms with Crippen LogP contribution in [0, 0.1) is 13.8 Å². The lowest BCUT2D eigenvalue weighted by atomic mass is 10.0. The van der Waals surface area contributed by atoms with E-state index in [0.29, 0.717) is 12.1 Å². The molecule has 0 aliphatic rings. The number of imidazole rings is 1. The molecular formula is C18H19N3O. The molecule has 2 aromatic carbocycles. The normalized spacial score (nSPS) is 10.8. The number of nitrogens with zero attached hydrogens (tertiary/aromatic N) is 1. The lowest BCUT2D eigenvalue weighted by Gasteiger charge is -2.08. The van der Waals surface area contributed by atoms with E-state index in [4.69, 9.17) is 0 Å². The number of carbonyl (C=O) groups is 1. The molecule has 112 valence electrons. The van der Waals surface area contributed by atoms with Gasteiger partial charge in [-0.15, -0.1) is 0 Å². The highest BCUT2D eigenvalue weighted by molar-refractivity contribution is 5.97. The molecule has 0 unspecified atom stereocenters. The van der Waals surface area contributed by atoms with Gasteiger partial charge in [0.1, 0.15) is 0 Å². The maximum Gasteiger partial charge on any atom is 0.251 e. The average Bonchev–Trinajstić information content (AvgIpc) is 2.96. The summed E-state index contributed by atoms with van der Waals surface area (Å²) in [5, 5.41) is 2.97. The summed E-state index contributed by atoms with van der Waals surface area (Å²) < 4.78 is 0. The molecule has 22 heavy (non-hydrogen) atoms. The summed E-state index contributed by atoms with van der Waals surface area (Å²) in [5.41, 5.74) is 6.20. The summed E-state index contributed by atoms with van der Waals surface area (Å²) >= 11 is 0. The van der Waals surface area contributed by atoms with Gasteiger partial charge in [-0.1, -0.05) is 23.8 Å². The van der Waals surface area contributed by atoms with E-state index in [1.165, 1.54) is 16.7 Å². The topological polar surface area (TPSA) is 57.8 Å². The van der Waals surface area contributed by atoms with Crippen molar-refractivity contribution in [3.63, 3.8) is 0 Å². The van der Waals surface area contributed by atoms with Crippen molar-refractivity contribution in [2.45, 2.75) is 20.3 Å². The van der Waals surface area contributed by atoms with E-state index in [1.807, 2.05) is 12.1 Å². The van der Waals surface area contributed by atoms with Crippen LogP contribution in [0.3, 0.4) is 0 Å². The molecule has 4 heteroatoms. The number of fused-ring (bicyclic) bond motifs is 1. The Morgan fingerprint density at radius 3 is 2.86 bits per heavy atom. The number of benzene rings is 2. The van der Waals surface area contributed by atoms with E-state index in [1.54, 1.807) is 12.4 Å². The van der Waals surface area contributed by atoms with Crippen molar-refractivity contribution in [3.05, 3.63) is 65.0 Å². The fourth-order valence-corrected chi connectivity index (χ4v) is 2.62. The van der Waals surface area contributed by atoms with Crippen molar-refractivity contribution in [2.24, 2.45) is 0 Å². The third-order valence-corrected chi connectivity index (χ3v) is 3.86. The zero-order chi connectivity index (χ0) is 15.5. The molecule has 1 heterocycles. The molecule has 3 rings (SSSR count). The Hall–Kier alpha value is -2.62. The number of H-pyrrole nitrogens is 1. The molecular weight excluding hydrogens is 274 g/mol. The fourth-order valence-electron chi connectivity index (χ4n) is 2.62. The maximum atomic E-state index is 12.2. The van der Waals surface area contributed by atoms with Crippen molar-refractivity contribution < 1.29 is 4.79 Å². The first kappa shape index (κ1) is 14.3. The van der Waals surface area contributed by atoms with E-state index in [0.717, 1.165) is 17.5 Å². The smallest absolute Gasteiger partial charge is 0.251 e. The molecule has 0 radical (unpaired) electrons. The van der Waals surface area contributed by atoms with Crippen molar-refractivity contribution in [1.82, 2.24) is 15.3 Å². The second kappa shape index (κ2) is 6.02. The Bertz CT molecular complexity index is 820. The van der Waals surface area contributed by atoms with E-state index < -0.39 is 0 Å². The summed E-state index contributed by atoms with van der Waals surface area (Å²) in [5.74, 6) is -0.0544. The number of rotatable bonds is 4. The van der Waals surface area contributed by atoms with Crippen molar-refractivity contribution in [3.8, 4) is 0 Å². The Morgan fingerprint density at radius 2 is 2.05 bits per heavy atom. The van der Waals surface area contributed by atoms with Crippen LogP contribution in [0.25, 0.3) is 11.0 Å². The number of amides is 1. The van der Waals surface area contributed by atoms with Crippen LogP contribution in [0.4, 0.5) is 0 Å². The lowest BCUT2D eigenvalue weighted by molar-refractivity contribution is 0.0954. The summed E-state index contributed by atoms with van der Waals surface area (Å²) in [7, 11) is 0. The zero-order valence-electron chi connectivity index (χ0n) is 12.8. The highest BCUT2D eigenvalue weighted by Crippen LogP contribution is 2.12. The first-order chi connectivity index (χ1) is 10.6.